The molecule has 144 valence electrons. The molecule has 0 atom stereocenters. The van der Waals surface area contributed by atoms with E-state index >= 15 is 0 Å². The molecule has 0 saturated heterocycles. The first-order valence-electron chi connectivity index (χ1n) is 8.79. The van der Waals surface area contributed by atoms with Crippen molar-refractivity contribution in [2.45, 2.75) is 46.7 Å². The van der Waals surface area contributed by atoms with E-state index in [1.54, 1.807) is 17.5 Å². The maximum absolute atomic E-state index is 5.69. The molecule has 2 N–H and O–H groups in total. The number of aliphatic imine (C=N–C) groups is 1. The zero-order valence-electron chi connectivity index (χ0n) is 15.6. The average Bonchev–Trinajstić information content (AvgIpc) is 3.11. The van der Waals surface area contributed by atoms with Gasteiger partial charge in [-0.2, -0.15) is 0 Å². The molecule has 0 aliphatic rings. The topological polar surface area (TPSA) is 71.4 Å². The van der Waals surface area contributed by atoms with Gasteiger partial charge in [0.1, 0.15) is 5.01 Å². The van der Waals surface area contributed by atoms with Gasteiger partial charge in [0.05, 0.1) is 19.7 Å². The highest BCUT2D eigenvalue weighted by Gasteiger charge is 2.06. The third-order valence-electron chi connectivity index (χ3n) is 3.40. The van der Waals surface area contributed by atoms with Crippen LogP contribution in [0.4, 0.5) is 0 Å². The highest BCUT2D eigenvalue weighted by atomic mass is 127. The lowest BCUT2D eigenvalue weighted by Gasteiger charge is -2.11. The Kier molecular flexibility index (Phi) is 11.2. The van der Waals surface area contributed by atoms with Gasteiger partial charge in [-0.05, 0) is 25.8 Å². The number of aromatic nitrogens is 2. The van der Waals surface area contributed by atoms with Crippen LogP contribution >= 0.6 is 35.3 Å². The standard InChI is InChI=1S/C18H27N5OS.HI/c1-4-10-24-17-14(8-7-9-20-17)11-22-18(19-6-3)23-13-16-21-12-15(5-2)25-16;/h7-9,12H,4-6,10-11,13H2,1-3H3,(H2,19,22,23);1H. The summed E-state index contributed by atoms with van der Waals surface area (Å²) in [7, 11) is 0. The Hall–Kier alpha value is -1.42. The van der Waals surface area contributed by atoms with Crippen molar-refractivity contribution in [1.29, 1.82) is 0 Å². The molecule has 0 aliphatic carbocycles. The average molecular weight is 489 g/mol. The van der Waals surface area contributed by atoms with E-state index in [-0.39, 0.29) is 24.0 Å². The first-order valence-corrected chi connectivity index (χ1v) is 9.60. The van der Waals surface area contributed by atoms with Crippen LogP contribution < -0.4 is 15.4 Å². The molecule has 0 amide bonds. The van der Waals surface area contributed by atoms with E-state index in [0.717, 1.165) is 35.9 Å². The molecule has 0 aliphatic heterocycles. The molecule has 8 heteroatoms. The number of aryl methyl sites for hydroxylation is 1. The normalized spacial score (nSPS) is 11.0. The van der Waals surface area contributed by atoms with Gasteiger partial charge >= 0.3 is 0 Å². The van der Waals surface area contributed by atoms with E-state index in [9.17, 15) is 0 Å². The molecule has 2 heterocycles. The highest BCUT2D eigenvalue weighted by Crippen LogP contribution is 2.16. The van der Waals surface area contributed by atoms with Crippen molar-refractivity contribution >= 4 is 41.3 Å². The largest absolute Gasteiger partial charge is 0.477 e. The molecule has 26 heavy (non-hydrogen) atoms. The molecule has 0 radical (unpaired) electrons. The van der Waals surface area contributed by atoms with Crippen LogP contribution in [0.1, 0.15) is 42.6 Å². The summed E-state index contributed by atoms with van der Waals surface area (Å²) in [5, 5.41) is 7.66. The Morgan fingerprint density at radius 1 is 1.23 bits per heavy atom. The molecule has 0 spiro atoms. The molecule has 0 bridgehead atoms. The molecular weight excluding hydrogens is 461 g/mol. The fraction of sp³-hybridized carbons (Fsp3) is 0.500. The lowest BCUT2D eigenvalue weighted by Crippen LogP contribution is -2.36. The fourth-order valence-electron chi connectivity index (χ4n) is 2.13. The Morgan fingerprint density at radius 2 is 2.08 bits per heavy atom. The smallest absolute Gasteiger partial charge is 0.218 e. The summed E-state index contributed by atoms with van der Waals surface area (Å²) in [5.74, 6) is 1.43. The van der Waals surface area contributed by atoms with Gasteiger partial charge in [0.2, 0.25) is 5.88 Å². The molecule has 0 fully saturated rings. The monoisotopic (exact) mass is 489 g/mol. The Labute approximate surface area is 176 Å². The molecule has 0 aromatic carbocycles. The van der Waals surface area contributed by atoms with Crippen molar-refractivity contribution in [3.63, 3.8) is 0 Å². The lowest BCUT2D eigenvalue weighted by atomic mass is 10.3. The van der Waals surface area contributed by atoms with E-state index < -0.39 is 0 Å². The maximum Gasteiger partial charge on any atom is 0.218 e. The van der Waals surface area contributed by atoms with Crippen LogP contribution in [0.3, 0.4) is 0 Å². The summed E-state index contributed by atoms with van der Waals surface area (Å²) >= 11 is 1.73. The summed E-state index contributed by atoms with van der Waals surface area (Å²) in [6, 6.07) is 3.91. The summed E-state index contributed by atoms with van der Waals surface area (Å²) in [6.07, 6.45) is 5.67. The van der Waals surface area contributed by atoms with Gasteiger partial charge in [-0.25, -0.2) is 15.0 Å². The second-order valence-corrected chi connectivity index (χ2v) is 6.64. The van der Waals surface area contributed by atoms with Gasteiger partial charge in [-0.15, -0.1) is 35.3 Å². The van der Waals surface area contributed by atoms with Gasteiger partial charge in [0, 0.05) is 29.4 Å². The Bertz CT molecular complexity index is 677. The third kappa shape index (κ3) is 7.45. The zero-order valence-corrected chi connectivity index (χ0v) is 18.8. The van der Waals surface area contributed by atoms with E-state index in [1.165, 1.54) is 4.88 Å². The van der Waals surface area contributed by atoms with Crippen LogP contribution in [0.2, 0.25) is 0 Å². The second kappa shape index (κ2) is 12.9. The van der Waals surface area contributed by atoms with Gasteiger partial charge in [-0.1, -0.05) is 19.9 Å². The molecule has 0 saturated carbocycles. The minimum atomic E-state index is 0. The summed E-state index contributed by atoms with van der Waals surface area (Å²) in [6.45, 7) is 8.92. The Morgan fingerprint density at radius 3 is 2.77 bits per heavy atom. The van der Waals surface area contributed by atoms with Crippen molar-refractivity contribution in [3.8, 4) is 5.88 Å². The molecule has 0 unspecified atom stereocenters. The number of nitrogens with one attached hydrogen (secondary N) is 2. The van der Waals surface area contributed by atoms with Crippen LogP contribution in [0.25, 0.3) is 0 Å². The summed E-state index contributed by atoms with van der Waals surface area (Å²) in [4.78, 5) is 14.7. The third-order valence-corrected chi connectivity index (χ3v) is 4.54. The molecular formula is C18H28IN5OS. The number of hydrogen-bond donors (Lipinski definition) is 2. The minimum Gasteiger partial charge on any atom is -0.477 e. The molecule has 2 aromatic heterocycles. The number of hydrogen-bond acceptors (Lipinski definition) is 5. The van der Waals surface area contributed by atoms with Crippen molar-refractivity contribution in [1.82, 2.24) is 20.6 Å². The highest BCUT2D eigenvalue weighted by molar-refractivity contribution is 14.0. The number of halogens is 1. The maximum atomic E-state index is 5.69. The van der Waals surface area contributed by atoms with Gasteiger partial charge < -0.3 is 15.4 Å². The fourth-order valence-corrected chi connectivity index (χ4v) is 2.93. The predicted molar refractivity (Wildman–Crippen MR) is 119 cm³/mol. The first kappa shape index (κ1) is 22.6. The molecule has 2 rings (SSSR count). The van der Waals surface area contributed by atoms with Crippen LogP contribution in [0, 0.1) is 0 Å². The number of guanidine groups is 1. The molecule has 6 nitrogen and oxygen atoms in total. The lowest BCUT2D eigenvalue weighted by molar-refractivity contribution is 0.302. The van der Waals surface area contributed by atoms with Gasteiger partial charge in [0.15, 0.2) is 5.96 Å². The number of thiazole rings is 1. The predicted octanol–water partition coefficient (Wildman–Crippen LogP) is 3.76. The van der Waals surface area contributed by atoms with Crippen LogP contribution in [-0.2, 0) is 19.5 Å². The number of ether oxygens (including phenoxy) is 1. The van der Waals surface area contributed by atoms with Crippen molar-refractivity contribution in [2.75, 3.05) is 13.2 Å². The van der Waals surface area contributed by atoms with Crippen molar-refractivity contribution < 1.29 is 4.74 Å². The van der Waals surface area contributed by atoms with Gasteiger partial charge in [-0.3, -0.25) is 0 Å². The van der Waals surface area contributed by atoms with Gasteiger partial charge in [0.25, 0.3) is 0 Å². The SMILES string of the molecule is CCCOc1ncccc1CN=C(NCC)NCc1ncc(CC)s1.I. The Balaban J connectivity index is 0.00000338. The van der Waals surface area contributed by atoms with E-state index in [4.69, 9.17) is 4.74 Å². The van der Waals surface area contributed by atoms with Crippen LogP contribution in [0.15, 0.2) is 29.5 Å². The summed E-state index contributed by atoms with van der Waals surface area (Å²) in [5.41, 5.74) is 0.982. The number of rotatable bonds is 9. The van der Waals surface area contributed by atoms with Crippen LogP contribution in [-0.4, -0.2) is 29.1 Å². The zero-order chi connectivity index (χ0) is 17.9. The van der Waals surface area contributed by atoms with E-state index in [2.05, 4.69) is 46.4 Å². The molecule has 2 aromatic rings. The first-order chi connectivity index (χ1) is 12.3. The number of pyridine rings is 1. The summed E-state index contributed by atoms with van der Waals surface area (Å²) < 4.78 is 5.69. The van der Waals surface area contributed by atoms with E-state index in [0.29, 0.717) is 25.6 Å². The quantitative estimate of drug-likeness (QED) is 0.319. The van der Waals surface area contributed by atoms with Crippen molar-refractivity contribution in [2.24, 2.45) is 4.99 Å². The number of nitrogens with zero attached hydrogens (tertiary/aromatic N) is 3. The van der Waals surface area contributed by atoms with Crippen molar-refractivity contribution in [3.05, 3.63) is 40.0 Å². The minimum absolute atomic E-state index is 0. The van der Waals surface area contributed by atoms with Crippen LogP contribution in [0.5, 0.6) is 5.88 Å². The van der Waals surface area contributed by atoms with E-state index in [1.807, 2.05) is 18.3 Å². The second-order valence-electron chi connectivity index (χ2n) is 5.44.